The molecule has 2 fully saturated rings. The predicted octanol–water partition coefficient (Wildman–Crippen LogP) is 4.20. The summed E-state index contributed by atoms with van der Waals surface area (Å²) >= 11 is 0. The normalized spacial score (nSPS) is 32.2. The van der Waals surface area contributed by atoms with Crippen LogP contribution in [-0.2, 0) is 0 Å². The van der Waals surface area contributed by atoms with Gasteiger partial charge in [0.15, 0.2) is 0 Å². The number of aliphatic hydroxyl groups is 1. The summed E-state index contributed by atoms with van der Waals surface area (Å²) in [5.41, 5.74) is 0.327. The van der Waals surface area contributed by atoms with Crippen LogP contribution in [0, 0.1) is 28.6 Å². The van der Waals surface area contributed by atoms with Crippen LogP contribution in [0.15, 0.2) is 42.5 Å². The highest BCUT2D eigenvalue weighted by atomic mass is 16.3. The molecule has 0 aliphatic heterocycles. The zero-order valence-electron chi connectivity index (χ0n) is 12.0. The van der Waals surface area contributed by atoms with Crippen molar-refractivity contribution in [3.63, 3.8) is 0 Å². The smallest absolute Gasteiger partial charge is 0.0979 e. The Hall–Kier alpha value is -1.85. The molecule has 2 aliphatic carbocycles. The molecule has 106 valence electrons. The average Bonchev–Trinajstić information content (AvgIpc) is 3.15. The van der Waals surface area contributed by atoms with Crippen molar-refractivity contribution in [3.05, 3.63) is 48.0 Å². The highest BCUT2D eigenvalue weighted by Gasteiger charge is 2.55. The summed E-state index contributed by atoms with van der Waals surface area (Å²) in [6.45, 7) is 0. The maximum absolute atomic E-state index is 10.9. The number of fused-ring (bicyclic) bond motifs is 3. The second-order valence-corrected chi connectivity index (χ2v) is 6.74. The Kier molecular flexibility index (Phi) is 2.80. The molecule has 0 radical (unpaired) electrons. The number of nitrogens with zero attached hydrogens (tertiary/aromatic N) is 1. The molecule has 2 saturated carbocycles. The van der Waals surface area contributed by atoms with Crippen LogP contribution in [0.4, 0.5) is 0 Å². The minimum Gasteiger partial charge on any atom is -0.387 e. The Morgan fingerprint density at radius 1 is 1.14 bits per heavy atom. The van der Waals surface area contributed by atoms with E-state index >= 15 is 0 Å². The van der Waals surface area contributed by atoms with Gasteiger partial charge in [0.1, 0.15) is 0 Å². The van der Waals surface area contributed by atoms with Gasteiger partial charge in [-0.25, -0.2) is 0 Å². The van der Waals surface area contributed by atoms with Gasteiger partial charge < -0.3 is 5.11 Å². The highest BCUT2D eigenvalue weighted by Crippen LogP contribution is 2.60. The van der Waals surface area contributed by atoms with Crippen LogP contribution in [0.2, 0.25) is 0 Å². The molecule has 2 bridgehead atoms. The van der Waals surface area contributed by atoms with Gasteiger partial charge in [0, 0.05) is 0 Å². The molecule has 2 aliphatic rings. The van der Waals surface area contributed by atoms with E-state index in [0.717, 1.165) is 30.2 Å². The molecule has 0 heterocycles. The Morgan fingerprint density at radius 2 is 1.95 bits per heavy atom. The molecular weight excluding hydrogens is 258 g/mol. The third-order valence-corrected chi connectivity index (χ3v) is 5.68. The number of hydrogen-bond acceptors (Lipinski definition) is 2. The molecule has 2 nitrogen and oxygen atoms in total. The van der Waals surface area contributed by atoms with Crippen LogP contribution in [0.25, 0.3) is 10.8 Å². The van der Waals surface area contributed by atoms with E-state index in [9.17, 15) is 10.4 Å². The van der Waals surface area contributed by atoms with Gasteiger partial charge in [-0.1, -0.05) is 42.8 Å². The first-order valence-corrected chi connectivity index (χ1v) is 7.81. The molecule has 0 amide bonds. The van der Waals surface area contributed by atoms with E-state index in [2.05, 4.69) is 18.2 Å². The van der Waals surface area contributed by atoms with E-state index in [1.54, 1.807) is 0 Å². The fourth-order valence-electron chi connectivity index (χ4n) is 4.58. The van der Waals surface area contributed by atoms with Gasteiger partial charge >= 0.3 is 0 Å². The maximum atomic E-state index is 10.9. The average molecular weight is 277 g/mol. The minimum atomic E-state index is -0.664. The molecule has 1 N–H and O–H groups in total. The summed E-state index contributed by atoms with van der Waals surface area (Å²) in [4.78, 5) is 0. The number of benzene rings is 2. The fraction of sp³-hybridized carbons (Fsp3) is 0.421. The Labute approximate surface area is 125 Å². The SMILES string of the molecule is N#CC1(C(O)c2ccc3ccccc3c2)CC2CCC1C2. The molecule has 4 unspecified atom stereocenters. The molecule has 4 atom stereocenters. The van der Waals surface area contributed by atoms with Gasteiger partial charge in [0.2, 0.25) is 0 Å². The summed E-state index contributed by atoms with van der Waals surface area (Å²) < 4.78 is 0. The molecule has 0 aromatic heterocycles. The third-order valence-electron chi connectivity index (χ3n) is 5.68. The fourth-order valence-corrected chi connectivity index (χ4v) is 4.58. The zero-order chi connectivity index (χ0) is 14.4. The summed E-state index contributed by atoms with van der Waals surface area (Å²) in [7, 11) is 0. The van der Waals surface area contributed by atoms with Crippen LogP contribution in [0.3, 0.4) is 0 Å². The molecule has 0 saturated heterocycles. The highest BCUT2D eigenvalue weighted by molar-refractivity contribution is 5.83. The van der Waals surface area contributed by atoms with Crippen LogP contribution in [0.1, 0.15) is 37.4 Å². The summed E-state index contributed by atoms with van der Waals surface area (Å²) in [5.74, 6) is 1.01. The molecule has 21 heavy (non-hydrogen) atoms. The first-order chi connectivity index (χ1) is 10.2. The van der Waals surface area contributed by atoms with Crippen LogP contribution in [0.5, 0.6) is 0 Å². The van der Waals surface area contributed by atoms with Gasteiger partial charge in [-0.2, -0.15) is 5.26 Å². The number of hydrogen-bond donors (Lipinski definition) is 1. The number of rotatable bonds is 2. The van der Waals surface area contributed by atoms with Gasteiger partial charge in [0.25, 0.3) is 0 Å². The van der Waals surface area contributed by atoms with E-state index in [4.69, 9.17) is 0 Å². The van der Waals surface area contributed by atoms with Crippen LogP contribution < -0.4 is 0 Å². The Morgan fingerprint density at radius 3 is 2.62 bits per heavy atom. The second-order valence-electron chi connectivity index (χ2n) is 6.74. The lowest BCUT2D eigenvalue weighted by Gasteiger charge is -2.35. The molecule has 2 aromatic carbocycles. The van der Waals surface area contributed by atoms with Gasteiger partial charge in [0.05, 0.1) is 17.6 Å². The topological polar surface area (TPSA) is 44.0 Å². The van der Waals surface area contributed by atoms with Crippen molar-refractivity contribution in [1.82, 2.24) is 0 Å². The van der Waals surface area contributed by atoms with E-state index in [-0.39, 0.29) is 0 Å². The summed E-state index contributed by atoms with van der Waals surface area (Å²) in [6.07, 6.45) is 3.66. The van der Waals surface area contributed by atoms with Crippen LogP contribution in [-0.4, -0.2) is 5.11 Å². The predicted molar refractivity (Wildman–Crippen MR) is 82.4 cm³/mol. The Balaban J connectivity index is 1.75. The largest absolute Gasteiger partial charge is 0.387 e. The minimum absolute atomic E-state index is 0.369. The first-order valence-electron chi connectivity index (χ1n) is 7.81. The van der Waals surface area contributed by atoms with Gasteiger partial charge in [-0.05, 0) is 53.5 Å². The summed E-state index contributed by atoms with van der Waals surface area (Å²) in [6, 6.07) is 16.7. The Bertz CT molecular complexity index is 732. The lowest BCUT2D eigenvalue weighted by atomic mass is 9.68. The van der Waals surface area contributed by atoms with Crippen LogP contribution >= 0.6 is 0 Å². The van der Waals surface area contributed by atoms with Crippen molar-refractivity contribution >= 4 is 10.8 Å². The quantitative estimate of drug-likeness (QED) is 0.894. The van der Waals surface area contributed by atoms with Gasteiger partial charge in [-0.3, -0.25) is 0 Å². The first kappa shape index (κ1) is 12.9. The van der Waals surface area contributed by atoms with E-state index in [1.165, 1.54) is 11.8 Å². The molecular formula is C19H19NO. The number of aliphatic hydroxyl groups excluding tert-OH is 1. The van der Waals surface area contributed by atoms with Crippen molar-refractivity contribution in [2.24, 2.45) is 17.3 Å². The van der Waals surface area contributed by atoms with E-state index < -0.39 is 11.5 Å². The summed E-state index contributed by atoms with van der Waals surface area (Å²) in [5, 5.41) is 23.0. The van der Waals surface area contributed by atoms with Crippen molar-refractivity contribution in [1.29, 1.82) is 5.26 Å². The zero-order valence-corrected chi connectivity index (χ0v) is 12.0. The van der Waals surface area contributed by atoms with Crippen molar-refractivity contribution in [3.8, 4) is 6.07 Å². The van der Waals surface area contributed by atoms with Crippen molar-refractivity contribution < 1.29 is 5.11 Å². The third kappa shape index (κ3) is 1.81. The van der Waals surface area contributed by atoms with E-state index in [0.29, 0.717) is 11.8 Å². The van der Waals surface area contributed by atoms with E-state index in [1.807, 2.05) is 30.3 Å². The lowest BCUT2D eigenvalue weighted by molar-refractivity contribution is 0.0234. The van der Waals surface area contributed by atoms with Gasteiger partial charge in [-0.15, -0.1) is 0 Å². The molecule has 4 rings (SSSR count). The molecule has 0 spiro atoms. The van der Waals surface area contributed by atoms with Crippen molar-refractivity contribution in [2.45, 2.75) is 31.8 Å². The molecule has 2 heteroatoms. The second kappa shape index (κ2) is 4.58. The number of nitriles is 1. The molecule has 2 aromatic rings. The monoisotopic (exact) mass is 277 g/mol. The van der Waals surface area contributed by atoms with Crippen molar-refractivity contribution in [2.75, 3.05) is 0 Å². The maximum Gasteiger partial charge on any atom is 0.0979 e. The standard InChI is InChI=1S/C19H19NO/c20-12-19(11-13-5-8-17(19)9-13)18(21)16-7-6-14-3-1-2-4-15(14)10-16/h1-4,6-7,10,13,17-18,21H,5,8-9,11H2. The lowest BCUT2D eigenvalue weighted by Crippen LogP contribution is -2.33.